The van der Waals surface area contributed by atoms with Gasteiger partial charge in [-0.05, 0) is 42.3 Å². The van der Waals surface area contributed by atoms with Crippen molar-refractivity contribution < 1.29 is 5.11 Å². The molecule has 0 aromatic heterocycles. The van der Waals surface area contributed by atoms with Crippen LogP contribution in [0, 0.1) is 18.3 Å². The fourth-order valence-corrected chi connectivity index (χ4v) is 2.02. The van der Waals surface area contributed by atoms with E-state index >= 15 is 0 Å². The molecule has 2 N–H and O–H groups in total. The molecule has 102 valence electrons. The van der Waals surface area contributed by atoms with Gasteiger partial charge in [0.1, 0.15) is 0 Å². The average molecular weight is 287 g/mol. The van der Waals surface area contributed by atoms with Crippen molar-refractivity contribution in [1.29, 1.82) is 5.26 Å². The molecule has 0 amide bonds. The highest BCUT2D eigenvalue weighted by Gasteiger charge is 2.08. The number of aliphatic hydroxyl groups excluding tert-OH is 1. The number of anilines is 1. The summed E-state index contributed by atoms with van der Waals surface area (Å²) in [6.45, 7) is 2.33. The van der Waals surface area contributed by atoms with E-state index < -0.39 is 6.10 Å². The third-order valence-electron chi connectivity index (χ3n) is 3.11. The van der Waals surface area contributed by atoms with Crippen molar-refractivity contribution in [3.05, 3.63) is 64.2 Å². The first-order valence-electron chi connectivity index (χ1n) is 6.28. The molecule has 3 nitrogen and oxygen atoms in total. The van der Waals surface area contributed by atoms with Gasteiger partial charge in [0.2, 0.25) is 0 Å². The molecule has 1 unspecified atom stereocenters. The number of halogens is 1. The van der Waals surface area contributed by atoms with Crippen LogP contribution in [-0.2, 0) is 0 Å². The highest BCUT2D eigenvalue weighted by Crippen LogP contribution is 2.20. The quantitative estimate of drug-likeness (QED) is 0.902. The Morgan fingerprint density at radius 2 is 1.95 bits per heavy atom. The van der Waals surface area contributed by atoms with Crippen LogP contribution in [0.4, 0.5) is 5.69 Å². The molecule has 0 spiro atoms. The number of hydrogen-bond donors (Lipinski definition) is 2. The van der Waals surface area contributed by atoms with Crippen molar-refractivity contribution in [3.63, 3.8) is 0 Å². The predicted molar refractivity (Wildman–Crippen MR) is 80.8 cm³/mol. The molecule has 4 heteroatoms. The molecule has 1 atom stereocenters. The van der Waals surface area contributed by atoms with Gasteiger partial charge >= 0.3 is 0 Å². The summed E-state index contributed by atoms with van der Waals surface area (Å²) in [5.74, 6) is 0. The molecule has 0 aliphatic carbocycles. The Morgan fingerprint density at radius 3 is 2.60 bits per heavy atom. The Bertz CT molecular complexity index is 632. The molecule has 20 heavy (non-hydrogen) atoms. The molecule has 0 radical (unpaired) electrons. The fraction of sp³-hybridized carbons (Fsp3) is 0.188. The SMILES string of the molecule is Cc1ccc(C#N)cc1NCC(O)c1ccc(Cl)cc1. The minimum Gasteiger partial charge on any atom is -0.387 e. The molecule has 2 aromatic carbocycles. The molecule has 2 rings (SSSR count). The number of aryl methyl sites for hydroxylation is 1. The zero-order valence-electron chi connectivity index (χ0n) is 11.1. The number of nitrogens with one attached hydrogen (secondary N) is 1. The van der Waals surface area contributed by atoms with Crippen LogP contribution >= 0.6 is 11.6 Å². The average Bonchev–Trinajstić information content (AvgIpc) is 2.47. The number of hydrogen-bond acceptors (Lipinski definition) is 3. The zero-order valence-corrected chi connectivity index (χ0v) is 11.9. The van der Waals surface area contributed by atoms with Crippen LogP contribution < -0.4 is 5.32 Å². The summed E-state index contributed by atoms with van der Waals surface area (Å²) in [4.78, 5) is 0. The van der Waals surface area contributed by atoms with Gasteiger partial charge in [0.05, 0.1) is 17.7 Å². The van der Waals surface area contributed by atoms with Gasteiger partial charge in [0, 0.05) is 17.3 Å². The Morgan fingerprint density at radius 1 is 1.25 bits per heavy atom. The lowest BCUT2D eigenvalue weighted by atomic mass is 10.1. The van der Waals surface area contributed by atoms with Crippen LogP contribution in [-0.4, -0.2) is 11.7 Å². The topological polar surface area (TPSA) is 56.0 Å². The van der Waals surface area contributed by atoms with Gasteiger partial charge in [-0.3, -0.25) is 0 Å². The molecule has 0 saturated carbocycles. The van der Waals surface area contributed by atoms with Gasteiger partial charge in [-0.1, -0.05) is 29.8 Å². The lowest BCUT2D eigenvalue weighted by Crippen LogP contribution is -2.12. The van der Waals surface area contributed by atoms with Gasteiger partial charge < -0.3 is 10.4 Å². The standard InChI is InChI=1S/C16H15ClN2O/c1-11-2-3-12(9-18)8-15(11)19-10-16(20)13-4-6-14(17)7-5-13/h2-8,16,19-20H,10H2,1H3. The van der Waals surface area contributed by atoms with E-state index in [1.807, 2.05) is 13.0 Å². The maximum absolute atomic E-state index is 10.1. The lowest BCUT2D eigenvalue weighted by molar-refractivity contribution is 0.191. The highest BCUT2D eigenvalue weighted by molar-refractivity contribution is 6.30. The van der Waals surface area contributed by atoms with Crippen LogP contribution in [0.15, 0.2) is 42.5 Å². The van der Waals surface area contributed by atoms with E-state index in [2.05, 4.69) is 11.4 Å². The molecular weight excluding hydrogens is 272 g/mol. The fourth-order valence-electron chi connectivity index (χ4n) is 1.89. The van der Waals surface area contributed by atoms with Gasteiger partial charge in [0.25, 0.3) is 0 Å². The van der Waals surface area contributed by atoms with Gasteiger partial charge in [0.15, 0.2) is 0 Å². The lowest BCUT2D eigenvalue weighted by Gasteiger charge is -2.15. The van der Waals surface area contributed by atoms with Gasteiger partial charge in [-0.25, -0.2) is 0 Å². The molecule has 0 saturated heterocycles. The van der Waals surface area contributed by atoms with E-state index in [0.29, 0.717) is 17.1 Å². The van der Waals surface area contributed by atoms with Crippen LogP contribution in [0.2, 0.25) is 5.02 Å². The number of nitrogens with zero attached hydrogens (tertiary/aromatic N) is 1. The summed E-state index contributed by atoms with van der Waals surface area (Å²) in [6, 6.07) is 14.6. The van der Waals surface area contributed by atoms with Crippen molar-refractivity contribution in [2.24, 2.45) is 0 Å². The van der Waals surface area contributed by atoms with Crippen molar-refractivity contribution in [1.82, 2.24) is 0 Å². The van der Waals surface area contributed by atoms with E-state index in [4.69, 9.17) is 16.9 Å². The minimum atomic E-state index is -0.627. The summed E-state index contributed by atoms with van der Waals surface area (Å²) in [7, 11) is 0. The van der Waals surface area contributed by atoms with Crippen molar-refractivity contribution in [2.75, 3.05) is 11.9 Å². The smallest absolute Gasteiger partial charge is 0.0992 e. The molecule has 0 fully saturated rings. The molecule has 0 bridgehead atoms. The first kappa shape index (κ1) is 14.4. The molecule has 2 aromatic rings. The molecule has 0 heterocycles. The van der Waals surface area contributed by atoms with Crippen LogP contribution in [0.5, 0.6) is 0 Å². The Hall–Kier alpha value is -2.02. The first-order chi connectivity index (χ1) is 9.60. The van der Waals surface area contributed by atoms with E-state index in [1.165, 1.54) is 0 Å². The number of nitriles is 1. The van der Waals surface area contributed by atoms with E-state index in [-0.39, 0.29) is 0 Å². The predicted octanol–water partition coefficient (Wildman–Crippen LogP) is 3.67. The van der Waals surface area contributed by atoms with E-state index in [1.54, 1.807) is 36.4 Å². The zero-order chi connectivity index (χ0) is 14.5. The Labute approximate surface area is 123 Å². The van der Waals surface area contributed by atoms with Crippen LogP contribution in [0.1, 0.15) is 22.8 Å². The monoisotopic (exact) mass is 286 g/mol. The second kappa shape index (κ2) is 6.42. The van der Waals surface area contributed by atoms with E-state index in [9.17, 15) is 5.11 Å². The molecule has 0 aliphatic rings. The highest BCUT2D eigenvalue weighted by atomic mass is 35.5. The van der Waals surface area contributed by atoms with Crippen molar-refractivity contribution in [2.45, 2.75) is 13.0 Å². The summed E-state index contributed by atoms with van der Waals surface area (Å²) in [5, 5.41) is 22.8. The van der Waals surface area contributed by atoms with Crippen LogP contribution in [0.25, 0.3) is 0 Å². The van der Waals surface area contributed by atoms with Crippen molar-refractivity contribution in [3.8, 4) is 6.07 Å². The second-order valence-electron chi connectivity index (χ2n) is 4.59. The summed E-state index contributed by atoms with van der Waals surface area (Å²) in [6.07, 6.45) is -0.627. The number of rotatable bonds is 4. The minimum absolute atomic E-state index is 0.372. The molecular formula is C16H15ClN2O. The normalized spacial score (nSPS) is 11.7. The maximum atomic E-state index is 10.1. The Kier molecular flexibility index (Phi) is 4.62. The van der Waals surface area contributed by atoms with Gasteiger partial charge in [-0.2, -0.15) is 5.26 Å². The second-order valence-corrected chi connectivity index (χ2v) is 5.03. The number of benzene rings is 2. The summed E-state index contributed by atoms with van der Waals surface area (Å²) < 4.78 is 0. The summed E-state index contributed by atoms with van der Waals surface area (Å²) >= 11 is 5.82. The largest absolute Gasteiger partial charge is 0.387 e. The Balaban J connectivity index is 2.05. The summed E-state index contributed by atoms with van der Waals surface area (Å²) in [5.41, 5.74) is 3.29. The third-order valence-corrected chi connectivity index (χ3v) is 3.36. The van der Waals surface area contributed by atoms with Crippen molar-refractivity contribution >= 4 is 17.3 Å². The first-order valence-corrected chi connectivity index (χ1v) is 6.66. The van der Waals surface area contributed by atoms with Gasteiger partial charge in [-0.15, -0.1) is 0 Å². The molecule has 0 aliphatic heterocycles. The maximum Gasteiger partial charge on any atom is 0.0992 e. The number of aliphatic hydroxyl groups is 1. The van der Waals surface area contributed by atoms with E-state index in [0.717, 1.165) is 16.8 Å². The van der Waals surface area contributed by atoms with Crippen LogP contribution in [0.3, 0.4) is 0 Å². The third kappa shape index (κ3) is 3.51.